The smallest absolute Gasteiger partial charge is 0.256 e. The van der Waals surface area contributed by atoms with E-state index in [-0.39, 0.29) is 22.1 Å². The van der Waals surface area contributed by atoms with Crippen LogP contribution in [0.5, 0.6) is 5.75 Å². The Morgan fingerprint density at radius 1 is 1.30 bits per heavy atom. The number of carbonyl (C=O) groups excluding carboxylic acids is 1. The highest BCUT2D eigenvalue weighted by Crippen LogP contribution is 2.47. The molecule has 2 aromatic rings. The normalized spacial score (nSPS) is 21.9. The molecule has 1 aliphatic carbocycles. The van der Waals surface area contributed by atoms with E-state index in [1.165, 1.54) is 10.4 Å². The molecular formula is C20H22BrClN2O2S. The summed E-state index contributed by atoms with van der Waals surface area (Å²) in [4.78, 5) is 14.2. The zero-order chi connectivity index (χ0) is 19.5. The largest absolute Gasteiger partial charge is 0.506 e. The van der Waals surface area contributed by atoms with Crippen LogP contribution in [-0.2, 0) is 12.8 Å². The van der Waals surface area contributed by atoms with Gasteiger partial charge in [0.2, 0.25) is 0 Å². The van der Waals surface area contributed by atoms with Crippen molar-refractivity contribution in [3.05, 3.63) is 43.2 Å². The second-order valence-electron chi connectivity index (χ2n) is 8.39. The van der Waals surface area contributed by atoms with Gasteiger partial charge in [-0.15, -0.1) is 11.3 Å². The van der Waals surface area contributed by atoms with Gasteiger partial charge >= 0.3 is 0 Å². The molecule has 7 heteroatoms. The maximum Gasteiger partial charge on any atom is 0.256 e. The second-order valence-corrected chi connectivity index (χ2v) is 10.8. The van der Waals surface area contributed by atoms with Crippen LogP contribution in [0.3, 0.4) is 0 Å². The van der Waals surface area contributed by atoms with Crippen molar-refractivity contribution < 1.29 is 9.90 Å². The number of thiophene rings is 1. The molecule has 4 nitrogen and oxygen atoms in total. The minimum Gasteiger partial charge on any atom is -0.506 e. The molecule has 0 radical (unpaired) electrons. The Kier molecular flexibility index (Phi) is 4.72. The van der Waals surface area contributed by atoms with Crippen LogP contribution < -0.4 is 10.6 Å². The number of carbonyl (C=O) groups is 1. The van der Waals surface area contributed by atoms with E-state index in [0.29, 0.717) is 11.5 Å². The number of anilines is 1. The molecule has 1 aliphatic heterocycles. The predicted octanol–water partition coefficient (Wildman–Crippen LogP) is 5.87. The first-order chi connectivity index (χ1) is 12.6. The summed E-state index contributed by atoms with van der Waals surface area (Å²) in [5.41, 5.74) is 2.78. The van der Waals surface area contributed by atoms with Crippen LogP contribution in [0.25, 0.3) is 0 Å². The summed E-state index contributed by atoms with van der Waals surface area (Å²) in [6.45, 7) is 6.87. The number of hydrogen-bond acceptors (Lipinski definition) is 4. The zero-order valence-electron chi connectivity index (χ0n) is 15.5. The van der Waals surface area contributed by atoms with E-state index in [1.54, 1.807) is 23.5 Å². The number of rotatable bonds is 1. The van der Waals surface area contributed by atoms with Crippen molar-refractivity contribution >= 4 is 49.8 Å². The molecule has 1 aromatic heterocycles. The van der Waals surface area contributed by atoms with Crippen LogP contribution in [-0.4, -0.2) is 11.0 Å². The SMILES string of the molecule is CC(C)(C)C1CCc2c(sc3c2C(=O)NC(c2cc(Br)cc(Cl)c2O)N3)C1. The monoisotopic (exact) mass is 468 g/mol. The molecule has 0 fully saturated rings. The van der Waals surface area contributed by atoms with Gasteiger partial charge in [-0.1, -0.05) is 48.3 Å². The number of nitrogens with one attached hydrogen (secondary N) is 2. The summed E-state index contributed by atoms with van der Waals surface area (Å²) in [6.07, 6.45) is 2.55. The van der Waals surface area contributed by atoms with E-state index in [1.807, 2.05) is 0 Å². The second kappa shape index (κ2) is 6.68. The molecule has 27 heavy (non-hydrogen) atoms. The van der Waals surface area contributed by atoms with E-state index in [0.717, 1.165) is 34.3 Å². The van der Waals surface area contributed by atoms with Gasteiger partial charge < -0.3 is 15.7 Å². The predicted molar refractivity (Wildman–Crippen MR) is 114 cm³/mol. The van der Waals surface area contributed by atoms with Gasteiger partial charge in [0, 0.05) is 14.9 Å². The third kappa shape index (κ3) is 3.36. The minimum absolute atomic E-state index is 0.0183. The summed E-state index contributed by atoms with van der Waals surface area (Å²) in [5, 5.41) is 17.9. The van der Waals surface area contributed by atoms with Crippen molar-refractivity contribution in [2.45, 2.75) is 46.2 Å². The third-order valence-electron chi connectivity index (χ3n) is 5.64. The Hall–Kier alpha value is -1.24. The Labute approximate surface area is 176 Å². The maximum atomic E-state index is 12.9. The molecule has 0 spiro atoms. The van der Waals surface area contributed by atoms with Gasteiger partial charge in [0.05, 0.1) is 10.6 Å². The van der Waals surface area contributed by atoms with Crippen LogP contribution in [0.2, 0.25) is 5.02 Å². The highest BCUT2D eigenvalue weighted by molar-refractivity contribution is 9.10. The van der Waals surface area contributed by atoms with Crippen LogP contribution in [0.15, 0.2) is 16.6 Å². The number of amides is 1. The van der Waals surface area contributed by atoms with Gasteiger partial charge in [-0.3, -0.25) is 4.79 Å². The quantitative estimate of drug-likeness (QED) is 0.489. The molecule has 2 atom stereocenters. The lowest BCUT2D eigenvalue weighted by molar-refractivity contribution is 0.0934. The van der Waals surface area contributed by atoms with Crippen molar-refractivity contribution in [1.29, 1.82) is 0 Å². The van der Waals surface area contributed by atoms with Gasteiger partial charge in [-0.05, 0) is 48.3 Å². The summed E-state index contributed by atoms with van der Waals surface area (Å²) >= 11 is 11.2. The van der Waals surface area contributed by atoms with Crippen molar-refractivity contribution in [3.8, 4) is 5.75 Å². The lowest BCUT2D eigenvalue weighted by Crippen LogP contribution is -2.38. The first-order valence-corrected chi connectivity index (χ1v) is 11.0. The fourth-order valence-corrected chi connectivity index (χ4v) is 6.19. The topological polar surface area (TPSA) is 61.4 Å². The number of phenols is 1. The van der Waals surface area contributed by atoms with Gasteiger partial charge in [0.1, 0.15) is 16.9 Å². The molecule has 1 aromatic carbocycles. The molecule has 4 rings (SSSR count). The fraction of sp³-hybridized carbons (Fsp3) is 0.450. The molecule has 3 N–H and O–H groups in total. The molecule has 144 valence electrons. The molecule has 0 saturated heterocycles. The van der Waals surface area contributed by atoms with Crippen LogP contribution >= 0.6 is 38.9 Å². The van der Waals surface area contributed by atoms with E-state index >= 15 is 0 Å². The number of fused-ring (bicyclic) bond motifs is 3. The van der Waals surface area contributed by atoms with Gasteiger partial charge in [0.25, 0.3) is 5.91 Å². The van der Waals surface area contributed by atoms with Crippen molar-refractivity contribution in [2.24, 2.45) is 11.3 Å². The number of benzene rings is 1. The Morgan fingerprint density at radius 2 is 2.04 bits per heavy atom. The van der Waals surface area contributed by atoms with Crippen LogP contribution in [0.4, 0.5) is 5.00 Å². The van der Waals surface area contributed by atoms with E-state index in [4.69, 9.17) is 11.6 Å². The van der Waals surface area contributed by atoms with Crippen LogP contribution in [0, 0.1) is 11.3 Å². The number of hydrogen-bond donors (Lipinski definition) is 3. The number of halogens is 2. The van der Waals surface area contributed by atoms with Gasteiger partial charge in [-0.25, -0.2) is 0 Å². The molecule has 2 heterocycles. The standard InChI is InChI=1S/C20H22BrClN2O2S/c1-20(2,3)9-4-5-11-14(6-9)27-19-15(11)18(26)23-17(24-19)12-7-10(21)8-13(22)16(12)25/h7-9,17,24-25H,4-6H2,1-3H3,(H,23,26). The van der Waals surface area contributed by atoms with Crippen LogP contribution in [0.1, 0.15) is 59.7 Å². The molecule has 1 amide bonds. The third-order valence-corrected chi connectivity index (χ3v) is 7.57. The van der Waals surface area contributed by atoms with Crippen molar-refractivity contribution in [2.75, 3.05) is 5.32 Å². The fourth-order valence-electron chi connectivity index (χ4n) is 4.00. The van der Waals surface area contributed by atoms with Gasteiger partial charge in [0.15, 0.2) is 0 Å². The maximum absolute atomic E-state index is 12.9. The van der Waals surface area contributed by atoms with E-state index in [2.05, 4.69) is 47.3 Å². The first-order valence-electron chi connectivity index (χ1n) is 9.05. The molecule has 2 aliphatic rings. The lowest BCUT2D eigenvalue weighted by Gasteiger charge is -2.34. The van der Waals surface area contributed by atoms with Crippen molar-refractivity contribution in [1.82, 2.24) is 5.32 Å². The summed E-state index contributed by atoms with van der Waals surface area (Å²) in [6, 6.07) is 3.40. The summed E-state index contributed by atoms with van der Waals surface area (Å²) in [7, 11) is 0. The molecular weight excluding hydrogens is 448 g/mol. The Morgan fingerprint density at radius 3 is 2.74 bits per heavy atom. The summed E-state index contributed by atoms with van der Waals surface area (Å²) < 4.78 is 0.751. The average molecular weight is 470 g/mol. The van der Waals surface area contributed by atoms with E-state index < -0.39 is 6.17 Å². The highest BCUT2D eigenvalue weighted by Gasteiger charge is 2.37. The number of aromatic hydroxyl groups is 1. The number of phenolic OH excluding ortho intramolecular Hbond substituents is 1. The van der Waals surface area contributed by atoms with Gasteiger partial charge in [-0.2, -0.15) is 0 Å². The minimum atomic E-state index is -0.515. The first kappa shape index (κ1) is 19.1. The highest BCUT2D eigenvalue weighted by atomic mass is 79.9. The molecule has 0 saturated carbocycles. The lowest BCUT2D eigenvalue weighted by atomic mass is 9.72. The van der Waals surface area contributed by atoms with E-state index in [9.17, 15) is 9.90 Å². The zero-order valence-corrected chi connectivity index (χ0v) is 18.6. The Bertz CT molecular complexity index is 935. The average Bonchev–Trinajstić information content (AvgIpc) is 2.95. The summed E-state index contributed by atoms with van der Waals surface area (Å²) in [5.74, 6) is 0.517. The Balaban J connectivity index is 1.69. The molecule has 2 unspecified atom stereocenters. The van der Waals surface area contributed by atoms with Crippen molar-refractivity contribution in [3.63, 3.8) is 0 Å². The molecule has 0 bridgehead atoms.